The van der Waals surface area contributed by atoms with Crippen LogP contribution in [0.1, 0.15) is 41.1 Å². The molecule has 0 saturated carbocycles. The Morgan fingerprint density at radius 1 is 1.00 bits per heavy atom. The van der Waals surface area contributed by atoms with Crippen LogP contribution in [0.4, 0.5) is 0 Å². The quantitative estimate of drug-likeness (QED) is 0.543. The first-order valence-electron chi connectivity index (χ1n) is 8.98. The maximum absolute atomic E-state index is 12.8. The van der Waals surface area contributed by atoms with Crippen molar-refractivity contribution in [3.05, 3.63) is 71.5 Å². The SMILES string of the molecule is COC1=C[C@@H]2c3c(ccc4ccc5ccccc5c34)C(=O)C[C@@H]2CC1. The van der Waals surface area contributed by atoms with Gasteiger partial charge in [0.25, 0.3) is 0 Å². The highest BCUT2D eigenvalue weighted by molar-refractivity contribution is 6.14. The number of methoxy groups -OCH3 is 1. The number of hydrogen-bond acceptors (Lipinski definition) is 2. The second kappa shape index (κ2) is 5.45. The molecule has 5 rings (SSSR count). The van der Waals surface area contributed by atoms with Crippen LogP contribution in [0.5, 0.6) is 0 Å². The first-order chi connectivity index (χ1) is 12.3. The number of Topliss-reactive ketones (excluding diaryl/α,β-unsaturated/α-hetero) is 1. The average molecular weight is 328 g/mol. The Balaban J connectivity index is 1.90. The van der Waals surface area contributed by atoms with Gasteiger partial charge in [-0.3, -0.25) is 4.79 Å². The summed E-state index contributed by atoms with van der Waals surface area (Å²) in [6.07, 6.45) is 4.88. The molecular weight excluding hydrogens is 308 g/mol. The molecule has 0 bridgehead atoms. The fourth-order valence-electron chi connectivity index (χ4n) is 4.71. The van der Waals surface area contributed by atoms with E-state index in [2.05, 4.69) is 48.5 Å². The van der Waals surface area contributed by atoms with Gasteiger partial charge in [0.15, 0.2) is 5.78 Å². The molecule has 0 saturated heterocycles. The molecule has 2 atom stereocenters. The van der Waals surface area contributed by atoms with Crippen LogP contribution in [-0.4, -0.2) is 12.9 Å². The summed E-state index contributed by atoms with van der Waals surface area (Å²) in [5.41, 5.74) is 2.11. The van der Waals surface area contributed by atoms with Gasteiger partial charge >= 0.3 is 0 Å². The van der Waals surface area contributed by atoms with Gasteiger partial charge in [-0.05, 0) is 45.5 Å². The van der Waals surface area contributed by atoms with Crippen LogP contribution in [-0.2, 0) is 4.74 Å². The summed E-state index contributed by atoms with van der Waals surface area (Å²) in [7, 11) is 1.75. The van der Waals surface area contributed by atoms with E-state index in [9.17, 15) is 4.79 Å². The standard InChI is InChI=1S/C23H20O2/c1-25-17-10-8-16-12-21(24)19-11-9-15-7-6-14-4-2-3-5-18(14)22(15)23(19)20(16)13-17/h2-7,9,11,13,16,20H,8,10,12H2,1H3/t16-,20-/m0/s1. The number of carbonyl (C=O) groups excluding carboxylic acids is 1. The second-order valence-electron chi connectivity index (χ2n) is 7.20. The lowest BCUT2D eigenvalue weighted by Gasteiger charge is -2.35. The summed E-state index contributed by atoms with van der Waals surface area (Å²) >= 11 is 0. The fourth-order valence-corrected chi connectivity index (χ4v) is 4.71. The molecule has 2 heteroatoms. The Labute approximate surface area is 147 Å². The van der Waals surface area contributed by atoms with Crippen LogP contribution >= 0.6 is 0 Å². The third-order valence-electron chi connectivity index (χ3n) is 5.93. The van der Waals surface area contributed by atoms with Crippen molar-refractivity contribution in [3.8, 4) is 0 Å². The molecule has 2 aliphatic rings. The number of fused-ring (bicyclic) bond motifs is 7. The number of hydrogen-bond donors (Lipinski definition) is 0. The minimum atomic E-state index is 0.269. The van der Waals surface area contributed by atoms with Gasteiger partial charge < -0.3 is 4.74 Å². The minimum Gasteiger partial charge on any atom is -0.501 e. The smallest absolute Gasteiger partial charge is 0.163 e. The zero-order valence-electron chi connectivity index (χ0n) is 14.3. The molecular formula is C23H20O2. The van der Waals surface area contributed by atoms with Gasteiger partial charge in [-0.2, -0.15) is 0 Å². The molecule has 0 fully saturated rings. The number of ketones is 1. The highest BCUT2D eigenvalue weighted by Crippen LogP contribution is 2.47. The Hall–Kier alpha value is -2.61. The number of carbonyl (C=O) groups is 1. The maximum Gasteiger partial charge on any atom is 0.163 e. The first-order valence-corrected chi connectivity index (χ1v) is 8.98. The predicted octanol–water partition coefficient (Wildman–Crippen LogP) is 5.60. The molecule has 0 aromatic heterocycles. The maximum atomic E-state index is 12.8. The second-order valence-corrected chi connectivity index (χ2v) is 7.20. The van der Waals surface area contributed by atoms with Gasteiger partial charge in [0.1, 0.15) is 0 Å². The summed E-state index contributed by atoms with van der Waals surface area (Å²) in [6.45, 7) is 0. The van der Waals surface area contributed by atoms with Crippen molar-refractivity contribution >= 4 is 27.3 Å². The van der Waals surface area contributed by atoms with Gasteiger partial charge in [0.05, 0.1) is 12.9 Å². The zero-order valence-corrected chi connectivity index (χ0v) is 14.3. The van der Waals surface area contributed by atoms with Crippen LogP contribution in [0.3, 0.4) is 0 Å². The van der Waals surface area contributed by atoms with Crippen LogP contribution in [0.15, 0.2) is 60.4 Å². The molecule has 25 heavy (non-hydrogen) atoms. The van der Waals surface area contributed by atoms with Crippen LogP contribution in [0.2, 0.25) is 0 Å². The number of allylic oxidation sites excluding steroid dienone is 2. The van der Waals surface area contributed by atoms with E-state index in [-0.39, 0.29) is 5.92 Å². The van der Waals surface area contributed by atoms with Crippen molar-refractivity contribution < 1.29 is 9.53 Å². The zero-order chi connectivity index (χ0) is 17.0. The molecule has 0 unspecified atom stereocenters. The predicted molar refractivity (Wildman–Crippen MR) is 101 cm³/mol. The summed E-state index contributed by atoms with van der Waals surface area (Å²) in [5.74, 6) is 2.01. The van der Waals surface area contributed by atoms with Crippen molar-refractivity contribution in [2.24, 2.45) is 5.92 Å². The fraction of sp³-hybridized carbons (Fsp3) is 0.261. The highest BCUT2D eigenvalue weighted by atomic mass is 16.5. The lowest BCUT2D eigenvalue weighted by atomic mass is 9.68. The Morgan fingerprint density at radius 3 is 2.68 bits per heavy atom. The van der Waals surface area contributed by atoms with Crippen LogP contribution < -0.4 is 0 Å². The molecule has 0 amide bonds. The molecule has 3 aromatic carbocycles. The molecule has 0 heterocycles. The summed E-state index contributed by atoms with van der Waals surface area (Å²) < 4.78 is 5.56. The number of rotatable bonds is 1. The lowest BCUT2D eigenvalue weighted by molar-refractivity contribution is 0.0933. The molecule has 0 spiro atoms. The van der Waals surface area contributed by atoms with Crippen molar-refractivity contribution in [3.63, 3.8) is 0 Å². The van der Waals surface area contributed by atoms with Gasteiger partial charge in [0, 0.05) is 24.3 Å². The third kappa shape index (κ3) is 2.13. The van der Waals surface area contributed by atoms with Gasteiger partial charge in [-0.15, -0.1) is 0 Å². The summed E-state index contributed by atoms with van der Waals surface area (Å²) in [4.78, 5) is 12.8. The van der Waals surface area contributed by atoms with Gasteiger partial charge in [-0.25, -0.2) is 0 Å². The monoisotopic (exact) mass is 328 g/mol. The Kier molecular flexibility index (Phi) is 3.21. The van der Waals surface area contributed by atoms with Crippen molar-refractivity contribution in [2.75, 3.05) is 7.11 Å². The molecule has 3 aromatic rings. The van der Waals surface area contributed by atoms with E-state index in [1.165, 1.54) is 27.1 Å². The normalized spacial score (nSPS) is 22.4. The van der Waals surface area contributed by atoms with Gasteiger partial charge in [0.2, 0.25) is 0 Å². The largest absolute Gasteiger partial charge is 0.501 e. The molecule has 0 N–H and O–H groups in total. The van der Waals surface area contributed by atoms with E-state index < -0.39 is 0 Å². The lowest BCUT2D eigenvalue weighted by Crippen LogP contribution is -2.27. The number of benzene rings is 3. The third-order valence-corrected chi connectivity index (χ3v) is 5.93. The number of ether oxygens (including phenoxy) is 1. The van der Waals surface area contributed by atoms with E-state index in [0.717, 1.165) is 24.2 Å². The minimum absolute atomic E-state index is 0.269. The highest BCUT2D eigenvalue weighted by Gasteiger charge is 2.36. The van der Waals surface area contributed by atoms with E-state index >= 15 is 0 Å². The van der Waals surface area contributed by atoms with E-state index in [1.54, 1.807) is 7.11 Å². The molecule has 2 aliphatic carbocycles. The van der Waals surface area contributed by atoms with Crippen LogP contribution in [0, 0.1) is 5.92 Å². The van der Waals surface area contributed by atoms with Crippen molar-refractivity contribution in [1.82, 2.24) is 0 Å². The van der Waals surface area contributed by atoms with E-state index in [0.29, 0.717) is 18.1 Å². The molecule has 124 valence electrons. The van der Waals surface area contributed by atoms with Crippen LogP contribution in [0.25, 0.3) is 21.5 Å². The first kappa shape index (κ1) is 14.7. The van der Waals surface area contributed by atoms with E-state index in [4.69, 9.17) is 4.74 Å². The van der Waals surface area contributed by atoms with E-state index in [1.807, 2.05) is 6.07 Å². The molecule has 0 radical (unpaired) electrons. The van der Waals surface area contributed by atoms with Crippen molar-refractivity contribution in [2.45, 2.75) is 25.2 Å². The molecule has 0 aliphatic heterocycles. The average Bonchev–Trinajstić information content (AvgIpc) is 2.67. The summed E-state index contributed by atoms with van der Waals surface area (Å²) in [6, 6.07) is 17.0. The van der Waals surface area contributed by atoms with Gasteiger partial charge in [-0.1, -0.05) is 48.5 Å². The summed E-state index contributed by atoms with van der Waals surface area (Å²) in [5, 5.41) is 4.92. The Morgan fingerprint density at radius 2 is 1.80 bits per heavy atom. The molecule has 2 nitrogen and oxygen atoms in total. The Bertz CT molecular complexity index is 1040. The van der Waals surface area contributed by atoms with Crippen molar-refractivity contribution in [1.29, 1.82) is 0 Å². The topological polar surface area (TPSA) is 26.3 Å².